The zero-order valence-corrected chi connectivity index (χ0v) is 15.7. The van der Waals surface area contributed by atoms with Crippen molar-refractivity contribution in [3.8, 4) is 11.4 Å². The second-order valence-corrected chi connectivity index (χ2v) is 7.13. The highest BCUT2D eigenvalue weighted by atomic mass is 19.4. The number of aromatic nitrogens is 2. The van der Waals surface area contributed by atoms with Gasteiger partial charge in [-0.3, -0.25) is 4.79 Å². The van der Waals surface area contributed by atoms with E-state index in [1.807, 2.05) is 13.8 Å². The number of halogens is 3. The zero-order chi connectivity index (χ0) is 20.3. The molecule has 1 aromatic carbocycles. The first-order valence-electron chi connectivity index (χ1n) is 9.14. The Labute approximate surface area is 160 Å². The van der Waals surface area contributed by atoms with E-state index in [4.69, 9.17) is 4.74 Å². The highest BCUT2D eigenvalue weighted by molar-refractivity contribution is 5.78. The molecule has 1 unspecified atom stereocenters. The number of rotatable bonds is 6. The molecule has 1 amide bonds. The third-order valence-corrected chi connectivity index (χ3v) is 4.51. The van der Waals surface area contributed by atoms with Gasteiger partial charge >= 0.3 is 12.1 Å². The Kier molecular flexibility index (Phi) is 6.02. The predicted octanol–water partition coefficient (Wildman–Crippen LogP) is 3.92. The maximum atomic E-state index is 12.6. The van der Waals surface area contributed by atoms with Gasteiger partial charge in [0.25, 0.3) is 0 Å². The molecule has 0 saturated carbocycles. The van der Waals surface area contributed by atoms with Gasteiger partial charge in [-0.05, 0) is 18.4 Å². The summed E-state index contributed by atoms with van der Waals surface area (Å²) in [7, 11) is 0. The molecule has 0 bridgehead atoms. The zero-order valence-electron chi connectivity index (χ0n) is 15.7. The molecule has 1 atom stereocenters. The minimum atomic E-state index is -4.68. The van der Waals surface area contributed by atoms with E-state index in [1.165, 1.54) is 0 Å². The number of ether oxygens (including phenoxy) is 1. The molecule has 1 fully saturated rings. The van der Waals surface area contributed by atoms with E-state index in [2.05, 4.69) is 14.7 Å². The molecule has 0 N–H and O–H groups in total. The Morgan fingerprint density at radius 2 is 2.00 bits per heavy atom. The standard InChI is InChI=1S/C19H22F3N3O3/c1-12(2)17(26)25(11-15-4-3-9-27-15)10-13-5-7-14(8-6-13)16-23-18(28-24-16)19(20,21)22/h5-8,12,15H,3-4,9-11H2,1-2H3. The van der Waals surface area contributed by atoms with Crippen molar-refractivity contribution in [1.29, 1.82) is 0 Å². The molecule has 0 radical (unpaired) electrons. The van der Waals surface area contributed by atoms with Gasteiger partial charge in [0.15, 0.2) is 0 Å². The molecule has 1 saturated heterocycles. The van der Waals surface area contributed by atoms with E-state index < -0.39 is 12.1 Å². The number of hydrogen-bond donors (Lipinski definition) is 0. The average Bonchev–Trinajstić information content (AvgIpc) is 3.32. The summed E-state index contributed by atoms with van der Waals surface area (Å²) in [4.78, 5) is 17.7. The number of carbonyl (C=O) groups excluding carboxylic acids is 1. The van der Waals surface area contributed by atoms with Gasteiger partial charge in [-0.1, -0.05) is 43.3 Å². The lowest BCUT2D eigenvalue weighted by atomic mass is 10.1. The molecule has 0 aliphatic carbocycles. The smallest absolute Gasteiger partial charge is 0.376 e. The summed E-state index contributed by atoms with van der Waals surface area (Å²) in [5.41, 5.74) is 1.26. The van der Waals surface area contributed by atoms with E-state index >= 15 is 0 Å². The third kappa shape index (κ3) is 4.89. The van der Waals surface area contributed by atoms with Crippen LogP contribution in [0.1, 0.15) is 38.1 Å². The topological polar surface area (TPSA) is 68.5 Å². The first-order chi connectivity index (χ1) is 13.2. The van der Waals surface area contributed by atoms with Crippen LogP contribution in [0.2, 0.25) is 0 Å². The van der Waals surface area contributed by atoms with Crippen molar-refractivity contribution in [1.82, 2.24) is 15.0 Å². The van der Waals surface area contributed by atoms with Crippen molar-refractivity contribution in [2.24, 2.45) is 5.92 Å². The Morgan fingerprint density at radius 3 is 2.54 bits per heavy atom. The molecule has 6 nitrogen and oxygen atoms in total. The summed E-state index contributed by atoms with van der Waals surface area (Å²) < 4.78 is 47.7. The van der Waals surface area contributed by atoms with Crippen LogP contribution in [-0.2, 0) is 22.3 Å². The summed E-state index contributed by atoms with van der Waals surface area (Å²) in [6.45, 7) is 5.34. The quantitative estimate of drug-likeness (QED) is 0.739. The molecule has 0 spiro atoms. The highest BCUT2D eigenvalue weighted by Gasteiger charge is 2.38. The second kappa shape index (κ2) is 8.30. The van der Waals surface area contributed by atoms with Crippen LogP contribution in [0, 0.1) is 5.92 Å². The largest absolute Gasteiger partial charge is 0.471 e. The molecule has 152 valence electrons. The lowest BCUT2D eigenvalue weighted by Crippen LogP contribution is -2.39. The molecule has 1 aliphatic heterocycles. The molecular formula is C19H22F3N3O3. The van der Waals surface area contributed by atoms with Crippen molar-refractivity contribution in [2.45, 2.75) is 45.5 Å². The molecule has 2 heterocycles. The lowest BCUT2D eigenvalue weighted by Gasteiger charge is -2.27. The van der Waals surface area contributed by atoms with E-state index in [1.54, 1.807) is 29.2 Å². The van der Waals surface area contributed by atoms with E-state index in [0.29, 0.717) is 25.3 Å². The predicted molar refractivity (Wildman–Crippen MR) is 94.0 cm³/mol. The average molecular weight is 397 g/mol. The molecular weight excluding hydrogens is 375 g/mol. The van der Waals surface area contributed by atoms with Crippen LogP contribution in [0.15, 0.2) is 28.8 Å². The van der Waals surface area contributed by atoms with Gasteiger partial charge in [-0.15, -0.1) is 0 Å². The van der Waals surface area contributed by atoms with Gasteiger partial charge in [0, 0.05) is 31.2 Å². The van der Waals surface area contributed by atoms with Gasteiger partial charge in [-0.2, -0.15) is 18.2 Å². The van der Waals surface area contributed by atoms with Crippen LogP contribution >= 0.6 is 0 Å². The van der Waals surface area contributed by atoms with Crippen LogP contribution in [-0.4, -0.2) is 40.2 Å². The number of carbonyl (C=O) groups is 1. The number of nitrogens with zero attached hydrogens (tertiary/aromatic N) is 3. The van der Waals surface area contributed by atoms with E-state index in [-0.39, 0.29) is 23.8 Å². The first kappa shape index (κ1) is 20.3. The van der Waals surface area contributed by atoms with Gasteiger partial charge in [0.05, 0.1) is 6.10 Å². The fourth-order valence-corrected chi connectivity index (χ4v) is 3.07. The Bertz CT molecular complexity index is 797. The van der Waals surface area contributed by atoms with Gasteiger partial charge in [-0.25, -0.2) is 0 Å². The van der Waals surface area contributed by atoms with Crippen LogP contribution in [0.25, 0.3) is 11.4 Å². The summed E-state index contributed by atoms with van der Waals surface area (Å²) in [6, 6.07) is 6.72. The van der Waals surface area contributed by atoms with Crippen molar-refractivity contribution < 1.29 is 27.2 Å². The minimum Gasteiger partial charge on any atom is -0.376 e. The monoisotopic (exact) mass is 397 g/mol. The summed E-state index contributed by atoms with van der Waals surface area (Å²) in [5.74, 6) is -1.61. The molecule has 1 aliphatic rings. The number of hydrogen-bond acceptors (Lipinski definition) is 5. The maximum Gasteiger partial charge on any atom is 0.471 e. The number of alkyl halides is 3. The van der Waals surface area contributed by atoms with E-state index in [9.17, 15) is 18.0 Å². The van der Waals surface area contributed by atoms with Gasteiger partial charge in [0.2, 0.25) is 11.7 Å². The fraction of sp³-hybridized carbons (Fsp3) is 0.526. The molecule has 9 heteroatoms. The normalized spacial score (nSPS) is 17.3. The third-order valence-electron chi connectivity index (χ3n) is 4.51. The lowest BCUT2D eigenvalue weighted by molar-refractivity contribution is -0.159. The van der Waals surface area contributed by atoms with Crippen LogP contribution in [0.5, 0.6) is 0 Å². The maximum absolute atomic E-state index is 12.6. The minimum absolute atomic E-state index is 0.0348. The molecule has 28 heavy (non-hydrogen) atoms. The second-order valence-electron chi connectivity index (χ2n) is 7.13. The fourth-order valence-electron chi connectivity index (χ4n) is 3.07. The molecule has 3 rings (SSSR count). The Balaban J connectivity index is 1.71. The summed E-state index contributed by atoms with van der Waals surface area (Å²) >= 11 is 0. The Hall–Kier alpha value is -2.42. The van der Waals surface area contributed by atoms with Crippen molar-refractivity contribution in [3.63, 3.8) is 0 Å². The van der Waals surface area contributed by atoms with Crippen LogP contribution < -0.4 is 0 Å². The van der Waals surface area contributed by atoms with Gasteiger partial charge < -0.3 is 14.2 Å². The van der Waals surface area contributed by atoms with E-state index in [0.717, 1.165) is 18.4 Å². The van der Waals surface area contributed by atoms with Crippen molar-refractivity contribution in [3.05, 3.63) is 35.7 Å². The summed E-state index contributed by atoms with van der Waals surface area (Å²) in [5, 5.41) is 3.38. The van der Waals surface area contributed by atoms with Crippen molar-refractivity contribution in [2.75, 3.05) is 13.2 Å². The van der Waals surface area contributed by atoms with Crippen molar-refractivity contribution >= 4 is 5.91 Å². The number of benzene rings is 1. The van der Waals surface area contributed by atoms with Gasteiger partial charge in [0.1, 0.15) is 0 Å². The highest BCUT2D eigenvalue weighted by Crippen LogP contribution is 2.29. The Morgan fingerprint density at radius 1 is 1.29 bits per heavy atom. The SMILES string of the molecule is CC(C)C(=O)N(Cc1ccc(-c2noc(C(F)(F)F)n2)cc1)CC1CCCO1. The number of amides is 1. The van der Waals surface area contributed by atoms with Crippen LogP contribution in [0.3, 0.4) is 0 Å². The molecule has 1 aromatic heterocycles. The molecule has 2 aromatic rings. The first-order valence-corrected chi connectivity index (χ1v) is 9.14. The summed E-state index contributed by atoms with van der Waals surface area (Å²) in [6.07, 6.45) is -2.71. The van der Waals surface area contributed by atoms with Crippen LogP contribution in [0.4, 0.5) is 13.2 Å².